The number of nitrogens with zero attached hydrogens (tertiary/aromatic N) is 2. The summed E-state index contributed by atoms with van der Waals surface area (Å²) >= 11 is 0. The predicted octanol–water partition coefficient (Wildman–Crippen LogP) is 3.30. The minimum Gasteiger partial charge on any atom is -0.467 e. The van der Waals surface area contributed by atoms with Crippen molar-refractivity contribution in [2.45, 2.75) is 19.6 Å². The Morgan fingerprint density at radius 2 is 1.92 bits per heavy atom. The Bertz CT molecular complexity index is 778. The molecule has 0 atom stereocenters. The minimum absolute atomic E-state index is 0.0557. The SMILES string of the molecule is COCC(=O)N(Cc1ccco1)Cc1cccn1Cc1ccccc1. The van der Waals surface area contributed by atoms with E-state index in [-0.39, 0.29) is 12.5 Å². The van der Waals surface area contributed by atoms with E-state index in [1.807, 2.05) is 48.7 Å². The van der Waals surface area contributed by atoms with Crippen LogP contribution < -0.4 is 0 Å². The maximum atomic E-state index is 12.4. The molecule has 1 aromatic carbocycles. The van der Waals surface area contributed by atoms with E-state index < -0.39 is 0 Å². The van der Waals surface area contributed by atoms with E-state index in [1.54, 1.807) is 11.2 Å². The van der Waals surface area contributed by atoms with Crippen molar-refractivity contribution in [3.05, 3.63) is 84.1 Å². The van der Waals surface area contributed by atoms with Crippen molar-refractivity contribution in [1.82, 2.24) is 9.47 Å². The molecule has 5 nitrogen and oxygen atoms in total. The van der Waals surface area contributed by atoms with Gasteiger partial charge in [-0.25, -0.2) is 0 Å². The van der Waals surface area contributed by atoms with E-state index in [2.05, 4.69) is 16.7 Å². The van der Waals surface area contributed by atoms with Crippen LogP contribution in [0.5, 0.6) is 0 Å². The van der Waals surface area contributed by atoms with Gasteiger partial charge < -0.3 is 18.6 Å². The number of hydrogen-bond donors (Lipinski definition) is 0. The number of carbonyl (C=O) groups excluding carboxylic acids is 1. The molecule has 0 bridgehead atoms. The van der Waals surface area contributed by atoms with E-state index >= 15 is 0 Å². The highest BCUT2D eigenvalue weighted by Gasteiger charge is 2.17. The molecule has 25 heavy (non-hydrogen) atoms. The fourth-order valence-corrected chi connectivity index (χ4v) is 2.76. The van der Waals surface area contributed by atoms with Crippen molar-refractivity contribution < 1.29 is 13.9 Å². The van der Waals surface area contributed by atoms with Crippen LogP contribution in [0.2, 0.25) is 0 Å². The van der Waals surface area contributed by atoms with E-state index in [0.717, 1.165) is 18.0 Å². The van der Waals surface area contributed by atoms with Gasteiger partial charge in [-0.05, 0) is 29.8 Å². The first kappa shape index (κ1) is 17.0. The van der Waals surface area contributed by atoms with Crippen molar-refractivity contribution >= 4 is 5.91 Å². The number of aromatic nitrogens is 1. The first-order valence-corrected chi connectivity index (χ1v) is 8.23. The van der Waals surface area contributed by atoms with E-state index in [4.69, 9.17) is 9.15 Å². The molecule has 0 saturated heterocycles. The molecule has 130 valence electrons. The summed E-state index contributed by atoms with van der Waals surface area (Å²) in [5.74, 6) is 0.692. The van der Waals surface area contributed by atoms with Gasteiger partial charge in [-0.1, -0.05) is 30.3 Å². The summed E-state index contributed by atoms with van der Waals surface area (Å²) in [6, 6.07) is 18.0. The Morgan fingerprint density at radius 1 is 1.08 bits per heavy atom. The molecule has 5 heteroatoms. The number of carbonyl (C=O) groups is 1. The van der Waals surface area contributed by atoms with Gasteiger partial charge in [0.2, 0.25) is 5.91 Å². The van der Waals surface area contributed by atoms with Gasteiger partial charge in [-0.2, -0.15) is 0 Å². The average molecular weight is 338 g/mol. The van der Waals surface area contributed by atoms with Crippen LogP contribution in [-0.2, 0) is 29.2 Å². The zero-order valence-electron chi connectivity index (χ0n) is 14.3. The largest absolute Gasteiger partial charge is 0.467 e. The van der Waals surface area contributed by atoms with Crippen molar-refractivity contribution in [1.29, 1.82) is 0 Å². The van der Waals surface area contributed by atoms with Gasteiger partial charge in [0.05, 0.1) is 19.4 Å². The number of ether oxygens (including phenoxy) is 1. The molecule has 0 saturated carbocycles. The highest BCUT2D eigenvalue weighted by molar-refractivity contribution is 5.77. The van der Waals surface area contributed by atoms with Crippen LogP contribution in [0.1, 0.15) is 17.0 Å². The van der Waals surface area contributed by atoms with Crippen LogP contribution in [0.3, 0.4) is 0 Å². The zero-order chi connectivity index (χ0) is 17.5. The van der Waals surface area contributed by atoms with Crippen LogP contribution in [0, 0.1) is 0 Å². The van der Waals surface area contributed by atoms with Gasteiger partial charge in [0.1, 0.15) is 12.4 Å². The summed E-state index contributed by atoms with van der Waals surface area (Å²) in [5.41, 5.74) is 2.29. The molecule has 3 rings (SSSR count). The Kier molecular flexibility index (Phi) is 5.69. The predicted molar refractivity (Wildman–Crippen MR) is 94.8 cm³/mol. The second-order valence-electron chi connectivity index (χ2n) is 5.88. The van der Waals surface area contributed by atoms with Gasteiger partial charge >= 0.3 is 0 Å². The molecule has 3 aromatic rings. The number of benzene rings is 1. The van der Waals surface area contributed by atoms with Crippen LogP contribution in [0.25, 0.3) is 0 Å². The molecule has 0 aliphatic carbocycles. The highest BCUT2D eigenvalue weighted by atomic mass is 16.5. The summed E-state index contributed by atoms with van der Waals surface area (Å²) in [4.78, 5) is 14.2. The lowest BCUT2D eigenvalue weighted by Crippen LogP contribution is -2.33. The lowest BCUT2D eigenvalue weighted by molar-refractivity contribution is -0.136. The fraction of sp³-hybridized carbons (Fsp3) is 0.250. The molecule has 1 amide bonds. The quantitative estimate of drug-likeness (QED) is 0.633. The van der Waals surface area contributed by atoms with Crippen LogP contribution >= 0.6 is 0 Å². The number of amides is 1. The lowest BCUT2D eigenvalue weighted by atomic mass is 10.2. The second kappa shape index (κ2) is 8.35. The number of methoxy groups -OCH3 is 1. The number of rotatable bonds is 8. The summed E-state index contributed by atoms with van der Waals surface area (Å²) < 4.78 is 12.6. The summed E-state index contributed by atoms with van der Waals surface area (Å²) in [7, 11) is 1.53. The molecule has 0 fully saturated rings. The van der Waals surface area contributed by atoms with Crippen LogP contribution in [0.15, 0.2) is 71.5 Å². The average Bonchev–Trinajstić information content (AvgIpc) is 3.28. The summed E-state index contributed by atoms with van der Waals surface area (Å²) in [6.45, 7) is 1.75. The highest BCUT2D eigenvalue weighted by Crippen LogP contribution is 2.14. The van der Waals surface area contributed by atoms with E-state index in [9.17, 15) is 4.79 Å². The topological polar surface area (TPSA) is 47.6 Å². The van der Waals surface area contributed by atoms with Crippen LogP contribution in [0.4, 0.5) is 0 Å². The fourth-order valence-electron chi connectivity index (χ4n) is 2.76. The Morgan fingerprint density at radius 3 is 2.64 bits per heavy atom. The molecule has 0 N–H and O–H groups in total. The van der Waals surface area contributed by atoms with Crippen molar-refractivity contribution in [2.75, 3.05) is 13.7 Å². The number of furan rings is 1. The monoisotopic (exact) mass is 338 g/mol. The van der Waals surface area contributed by atoms with Gasteiger partial charge in [-0.3, -0.25) is 4.79 Å². The van der Waals surface area contributed by atoms with Crippen molar-refractivity contribution in [2.24, 2.45) is 0 Å². The molecule has 2 heterocycles. The van der Waals surface area contributed by atoms with Gasteiger partial charge in [0.25, 0.3) is 0 Å². The lowest BCUT2D eigenvalue weighted by Gasteiger charge is -2.22. The smallest absolute Gasteiger partial charge is 0.249 e. The molecule has 2 aromatic heterocycles. The van der Waals surface area contributed by atoms with Crippen molar-refractivity contribution in [3.8, 4) is 0 Å². The third-order valence-electron chi connectivity index (χ3n) is 4.02. The molecule has 0 spiro atoms. The third kappa shape index (κ3) is 4.61. The standard InChI is InChI=1S/C20H22N2O3/c1-24-16-20(23)22(15-19-10-6-12-25-19)14-18-9-5-11-21(18)13-17-7-3-2-4-8-17/h2-12H,13-16H2,1H3. The molecule has 0 unspecified atom stereocenters. The Labute approximate surface area is 147 Å². The Hall–Kier alpha value is -2.79. The van der Waals surface area contributed by atoms with Gasteiger partial charge in [-0.15, -0.1) is 0 Å². The maximum absolute atomic E-state index is 12.4. The molecular weight excluding hydrogens is 316 g/mol. The summed E-state index contributed by atoms with van der Waals surface area (Å²) in [5, 5.41) is 0. The van der Waals surface area contributed by atoms with Crippen molar-refractivity contribution in [3.63, 3.8) is 0 Å². The first-order valence-electron chi connectivity index (χ1n) is 8.23. The first-order chi connectivity index (χ1) is 12.3. The van der Waals surface area contributed by atoms with Gasteiger partial charge in [0, 0.05) is 25.5 Å². The normalized spacial score (nSPS) is 10.8. The minimum atomic E-state index is -0.0636. The zero-order valence-corrected chi connectivity index (χ0v) is 14.3. The van der Waals surface area contributed by atoms with E-state index in [0.29, 0.717) is 13.1 Å². The summed E-state index contributed by atoms with van der Waals surface area (Å²) in [6.07, 6.45) is 3.65. The maximum Gasteiger partial charge on any atom is 0.249 e. The van der Waals surface area contributed by atoms with Gasteiger partial charge in [0.15, 0.2) is 0 Å². The third-order valence-corrected chi connectivity index (χ3v) is 4.02. The van der Waals surface area contributed by atoms with E-state index in [1.165, 1.54) is 12.7 Å². The molecule has 0 radical (unpaired) electrons. The molecule has 0 aliphatic rings. The second-order valence-corrected chi connectivity index (χ2v) is 5.88. The molecular formula is C20H22N2O3. The Balaban J connectivity index is 1.75. The van der Waals surface area contributed by atoms with Crippen LogP contribution in [-0.4, -0.2) is 29.1 Å². The number of hydrogen-bond acceptors (Lipinski definition) is 3. The molecule has 0 aliphatic heterocycles.